The van der Waals surface area contributed by atoms with Gasteiger partial charge in [-0.05, 0) is 86.2 Å². The first-order chi connectivity index (χ1) is 17.7. The van der Waals surface area contributed by atoms with Crippen molar-refractivity contribution in [2.24, 2.45) is 0 Å². The number of ether oxygens (including phenoxy) is 1. The van der Waals surface area contributed by atoms with Gasteiger partial charge in [0.1, 0.15) is 23.3 Å². The van der Waals surface area contributed by atoms with Gasteiger partial charge in [0.15, 0.2) is 5.11 Å². The Morgan fingerprint density at radius 3 is 2.56 bits per heavy atom. The molecule has 4 aromatic rings. The molecule has 0 saturated carbocycles. The Morgan fingerprint density at radius 2 is 1.81 bits per heavy atom. The van der Waals surface area contributed by atoms with E-state index < -0.39 is 0 Å². The topological polar surface area (TPSA) is 62.6 Å². The summed E-state index contributed by atoms with van der Waals surface area (Å²) in [6, 6.07) is 28.1. The average molecular weight is 499 g/mol. The molecule has 2 aromatic heterocycles. The molecular weight excluding hydrogens is 468 g/mol. The van der Waals surface area contributed by atoms with Crippen molar-refractivity contribution in [3.8, 4) is 17.1 Å². The number of hydrogen-bond acceptors (Lipinski definition) is 5. The summed E-state index contributed by atoms with van der Waals surface area (Å²) in [5.74, 6) is 2.53. The van der Waals surface area contributed by atoms with Crippen molar-refractivity contribution in [2.75, 3.05) is 25.0 Å². The number of para-hydroxylation sites is 1. The highest BCUT2D eigenvalue weighted by atomic mass is 32.1. The van der Waals surface area contributed by atoms with Gasteiger partial charge in [0.05, 0.1) is 18.3 Å². The van der Waals surface area contributed by atoms with Gasteiger partial charge >= 0.3 is 0 Å². The van der Waals surface area contributed by atoms with Gasteiger partial charge in [0, 0.05) is 30.5 Å². The lowest BCUT2D eigenvalue weighted by Crippen LogP contribution is -2.31. The second kappa shape index (κ2) is 11.3. The molecule has 36 heavy (non-hydrogen) atoms. The highest BCUT2D eigenvalue weighted by Gasteiger charge is 2.41. The largest absolute Gasteiger partial charge is 0.494 e. The molecule has 0 aliphatic carbocycles. The zero-order chi connectivity index (χ0) is 24.7. The lowest BCUT2D eigenvalue weighted by atomic mass is 10.0. The van der Waals surface area contributed by atoms with Gasteiger partial charge in [0.25, 0.3) is 0 Å². The molecule has 0 radical (unpaired) electrons. The van der Waals surface area contributed by atoms with Crippen LogP contribution in [-0.4, -0.2) is 34.7 Å². The van der Waals surface area contributed by atoms with Crippen LogP contribution >= 0.6 is 12.2 Å². The fourth-order valence-electron chi connectivity index (χ4n) is 4.54. The maximum atomic E-state index is 6.43. The summed E-state index contributed by atoms with van der Waals surface area (Å²) in [6.45, 7) is 4.26. The number of furan rings is 1. The minimum atomic E-state index is -0.0971. The average Bonchev–Trinajstić information content (AvgIpc) is 3.53. The van der Waals surface area contributed by atoms with Gasteiger partial charge in [-0.2, -0.15) is 0 Å². The molecule has 0 amide bonds. The van der Waals surface area contributed by atoms with Gasteiger partial charge in [-0.25, -0.2) is 0 Å². The Labute approximate surface area is 217 Å². The SMILES string of the molecule is CCOc1ccc(-c2ccc(C3C(c4ccccn4)NC(=S)N3CCCNc3ccccc3)o2)cc1. The Morgan fingerprint density at radius 1 is 1.00 bits per heavy atom. The minimum Gasteiger partial charge on any atom is -0.494 e. The lowest BCUT2D eigenvalue weighted by Gasteiger charge is -2.26. The smallest absolute Gasteiger partial charge is 0.170 e. The number of pyridine rings is 1. The second-order valence-corrected chi connectivity index (χ2v) is 9.01. The predicted octanol–water partition coefficient (Wildman–Crippen LogP) is 6.22. The molecule has 0 spiro atoms. The lowest BCUT2D eigenvalue weighted by molar-refractivity contribution is 0.274. The summed E-state index contributed by atoms with van der Waals surface area (Å²) in [7, 11) is 0. The molecular formula is C29H30N4O2S. The molecule has 1 saturated heterocycles. The third-order valence-electron chi connectivity index (χ3n) is 6.24. The molecule has 7 heteroatoms. The van der Waals surface area contributed by atoms with Crippen LogP contribution in [-0.2, 0) is 0 Å². The van der Waals surface area contributed by atoms with Crippen LogP contribution in [0.3, 0.4) is 0 Å². The molecule has 0 bridgehead atoms. The number of nitrogens with one attached hydrogen (secondary N) is 2. The second-order valence-electron chi connectivity index (χ2n) is 8.63. The summed E-state index contributed by atoms with van der Waals surface area (Å²) < 4.78 is 12.0. The number of nitrogens with zero attached hydrogens (tertiary/aromatic N) is 2. The first-order valence-electron chi connectivity index (χ1n) is 12.3. The van der Waals surface area contributed by atoms with Crippen LogP contribution in [0, 0.1) is 0 Å². The van der Waals surface area contributed by atoms with E-state index in [0.717, 1.165) is 58.8 Å². The van der Waals surface area contributed by atoms with Gasteiger partial charge in [0.2, 0.25) is 0 Å². The van der Waals surface area contributed by atoms with E-state index in [0.29, 0.717) is 6.61 Å². The summed E-state index contributed by atoms with van der Waals surface area (Å²) >= 11 is 5.79. The maximum absolute atomic E-state index is 6.43. The molecule has 1 aliphatic heterocycles. The van der Waals surface area contributed by atoms with Crippen LogP contribution in [0.1, 0.15) is 36.9 Å². The van der Waals surface area contributed by atoms with Crippen molar-refractivity contribution < 1.29 is 9.15 Å². The number of aromatic nitrogens is 1. The molecule has 2 aromatic carbocycles. The first kappa shape index (κ1) is 23.9. The van der Waals surface area contributed by atoms with Gasteiger partial charge < -0.3 is 24.7 Å². The van der Waals surface area contributed by atoms with Crippen molar-refractivity contribution in [1.29, 1.82) is 0 Å². The Bertz CT molecular complexity index is 1260. The Hall–Kier alpha value is -3.84. The van der Waals surface area contributed by atoms with Gasteiger partial charge in [-0.1, -0.05) is 24.3 Å². The van der Waals surface area contributed by atoms with Crippen LogP contribution in [0.25, 0.3) is 11.3 Å². The van der Waals surface area contributed by atoms with Crippen molar-refractivity contribution in [3.05, 3.63) is 103 Å². The van der Waals surface area contributed by atoms with E-state index in [1.165, 1.54) is 0 Å². The summed E-state index contributed by atoms with van der Waals surface area (Å²) in [5.41, 5.74) is 3.06. The van der Waals surface area contributed by atoms with Crippen LogP contribution in [0.4, 0.5) is 5.69 Å². The Balaban J connectivity index is 1.36. The van der Waals surface area contributed by atoms with Gasteiger partial charge in [-0.3, -0.25) is 4.98 Å². The van der Waals surface area contributed by atoms with Crippen LogP contribution in [0.2, 0.25) is 0 Å². The molecule has 5 rings (SSSR count). The zero-order valence-corrected chi connectivity index (χ0v) is 21.1. The third-order valence-corrected chi connectivity index (χ3v) is 6.60. The van der Waals surface area contributed by atoms with Crippen molar-refractivity contribution in [3.63, 3.8) is 0 Å². The number of anilines is 1. The molecule has 184 valence electrons. The standard InChI is InChI=1S/C29H30N4O2S/c1-2-34-23-14-12-21(13-15-23)25-16-17-26(35-25)28-27(24-11-6-7-18-31-24)32-29(36)33(28)20-8-19-30-22-9-4-3-5-10-22/h3-7,9-18,27-28,30H,2,8,19-20H2,1H3,(H,32,36). The highest BCUT2D eigenvalue weighted by Crippen LogP contribution is 2.40. The van der Waals surface area contributed by atoms with Crippen molar-refractivity contribution >= 4 is 23.0 Å². The fraction of sp³-hybridized carbons (Fsp3) is 0.241. The molecule has 2 unspecified atom stereocenters. The van der Waals surface area contributed by atoms with E-state index in [9.17, 15) is 0 Å². The van der Waals surface area contributed by atoms with E-state index in [-0.39, 0.29) is 12.1 Å². The maximum Gasteiger partial charge on any atom is 0.170 e. The monoisotopic (exact) mass is 498 g/mol. The van der Waals surface area contributed by atoms with E-state index in [1.807, 2.05) is 79.9 Å². The quantitative estimate of drug-likeness (QED) is 0.199. The van der Waals surface area contributed by atoms with Crippen LogP contribution < -0.4 is 15.4 Å². The van der Waals surface area contributed by atoms with Gasteiger partial charge in [-0.15, -0.1) is 0 Å². The molecule has 2 N–H and O–H groups in total. The normalized spacial score (nSPS) is 17.1. The van der Waals surface area contributed by atoms with E-state index >= 15 is 0 Å². The van der Waals surface area contributed by atoms with Crippen molar-refractivity contribution in [1.82, 2.24) is 15.2 Å². The number of thiocarbonyl (C=S) groups is 1. The highest BCUT2D eigenvalue weighted by molar-refractivity contribution is 7.80. The third kappa shape index (κ3) is 5.36. The summed E-state index contributed by atoms with van der Waals surface area (Å²) in [6.07, 6.45) is 2.74. The first-order valence-corrected chi connectivity index (χ1v) is 12.7. The van der Waals surface area contributed by atoms with Crippen LogP contribution in [0.15, 0.2) is 95.5 Å². The summed E-state index contributed by atoms with van der Waals surface area (Å²) in [4.78, 5) is 6.84. The van der Waals surface area contributed by atoms with E-state index in [2.05, 4.69) is 38.7 Å². The summed E-state index contributed by atoms with van der Waals surface area (Å²) in [5, 5.41) is 7.70. The van der Waals surface area contributed by atoms with E-state index in [1.54, 1.807) is 0 Å². The Kier molecular flexibility index (Phi) is 7.47. The molecule has 1 fully saturated rings. The number of benzene rings is 2. The minimum absolute atomic E-state index is 0.0967. The predicted molar refractivity (Wildman–Crippen MR) is 147 cm³/mol. The van der Waals surface area contributed by atoms with Crippen LogP contribution in [0.5, 0.6) is 5.75 Å². The molecule has 6 nitrogen and oxygen atoms in total. The fourth-order valence-corrected chi connectivity index (χ4v) is 4.87. The van der Waals surface area contributed by atoms with E-state index in [4.69, 9.17) is 21.4 Å². The number of hydrogen-bond donors (Lipinski definition) is 2. The molecule has 2 atom stereocenters. The molecule has 3 heterocycles. The molecule has 1 aliphatic rings. The number of rotatable bonds is 10. The zero-order valence-electron chi connectivity index (χ0n) is 20.3. The van der Waals surface area contributed by atoms with Crippen molar-refractivity contribution in [2.45, 2.75) is 25.4 Å².